The van der Waals surface area contributed by atoms with Crippen LogP contribution in [0.5, 0.6) is 5.75 Å². The number of halogens is 1. The van der Waals surface area contributed by atoms with Crippen LogP contribution in [-0.4, -0.2) is 27.7 Å². The van der Waals surface area contributed by atoms with Crippen molar-refractivity contribution in [2.45, 2.75) is 22.8 Å². The molecule has 0 N–H and O–H groups in total. The Morgan fingerprint density at radius 2 is 1.95 bits per heavy atom. The summed E-state index contributed by atoms with van der Waals surface area (Å²) >= 11 is 3.34. The van der Waals surface area contributed by atoms with Gasteiger partial charge in [0.05, 0.1) is 11.5 Å². The van der Waals surface area contributed by atoms with Crippen molar-refractivity contribution in [1.29, 1.82) is 0 Å². The summed E-state index contributed by atoms with van der Waals surface area (Å²) in [5, 5.41) is 0. The summed E-state index contributed by atoms with van der Waals surface area (Å²) in [5.74, 6) is 0.341. The highest BCUT2D eigenvalue weighted by atomic mass is 79.9. The molecule has 116 valence electrons. The zero-order chi connectivity index (χ0) is 15.7. The van der Waals surface area contributed by atoms with E-state index in [-0.39, 0.29) is 15.9 Å². The fraction of sp³-hybridized carbons (Fsp3) is 0.250. The summed E-state index contributed by atoms with van der Waals surface area (Å²) in [6.07, 6.45) is 0.0630. The van der Waals surface area contributed by atoms with Crippen molar-refractivity contribution < 1.29 is 17.9 Å². The van der Waals surface area contributed by atoms with Crippen molar-refractivity contribution in [1.82, 2.24) is 0 Å². The number of rotatable bonds is 5. The van der Waals surface area contributed by atoms with Crippen LogP contribution in [0.25, 0.3) is 0 Å². The first-order valence-electron chi connectivity index (χ1n) is 6.84. The van der Waals surface area contributed by atoms with E-state index in [1.807, 2.05) is 6.07 Å². The summed E-state index contributed by atoms with van der Waals surface area (Å²) < 4.78 is 37.3. The van der Waals surface area contributed by atoms with Crippen molar-refractivity contribution in [2.75, 3.05) is 13.2 Å². The lowest BCUT2D eigenvalue weighted by atomic mass is 10.2. The van der Waals surface area contributed by atoms with Crippen molar-refractivity contribution >= 4 is 25.8 Å². The minimum Gasteiger partial charge on any atom is -0.489 e. The highest BCUT2D eigenvalue weighted by Crippen LogP contribution is 2.36. The average molecular weight is 383 g/mol. The molecule has 1 aliphatic heterocycles. The van der Waals surface area contributed by atoms with Crippen molar-refractivity contribution in [3.05, 3.63) is 52.5 Å². The third kappa shape index (κ3) is 3.04. The van der Waals surface area contributed by atoms with Gasteiger partial charge in [-0.3, -0.25) is 0 Å². The summed E-state index contributed by atoms with van der Waals surface area (Å²) in [4.78, 5) is 0.444. The normalized spacial score (nSPS) is 17.3. The fourth-order valence-electron chi connectivity index (χ4n) is 2.18. The Kier molecular flexibility index (Phi) is 4.25. The quantitative estimate of drug-likeness (QED) is 0.743. The molecular weight excluding hydrogens is 368 g/mol. The zero-order valence-corrected chi connectivity index (χ0v) is 14.4. The van der Waals surface area contributed by atoms with Crippen LogP contribution in [0.1, 0.15) is 5.56 Å². The Balaban J connectivity index is 2.07. The van der Waals surface area contributed by atoms with Gasteiger partial charge in [0.25, 0.3) is 0 Å². The molecule has 0 saturated carbocycles. The number of ether oxygens (including phenoxy) is 2. The van der Waals surface area contributed by atoms with Gasteiger partial charge >= 0.3 is 0 Å². The zero-order valence-electron chi connectivity index (χ0n) is 12.0. The molecule has 2 aromatic carbocycles. The molecule has 1 heterocycles. The minimum absolute atomic E-state index is 0.0630. The van der Waals surface area contributed by atoms with Crippen LogP contribution in [-0.2, 0) is 14.6 Å². The average Bonchev–Trinajstić information content (AvgIpc) is 3.29. The molecule has 1 aliphatic rings. The van der Waals surface area contributed by atoms with E-state index >= 15 is 0 Å². The van der Waals surface area contributed by atoms with Crippen LogP contribution in [0.15, 0.2) is 56.7 Å². The predicted octanol–water partition coefficient (Wildman–Crippen LogP) is 3.37. The third-order valence-electron chi connectivity index (χ3n) is 3.41. The lowest BCUT2D eigenvalue weighted by molar-refractivity contribution is 0.257. The summed E-state index contributed by atoms with van der Waals surface area (Å²) in [7, 11) is -3.67. The highest BCUT2D eigenvalue weighted by molar-refractivity contribution is 9.10. The Bertz CT molecular complexity index is 798. The van der Waals surface area contributed by atoms with Crippen molar-refractivity contribution in [3.8, 4) is 5.75 Å². The standard InChI is InChI=1S/C16H15BrO4S/c1-11-5-2-3-8-15(11)22(18,19)16-13(17)6-4-7-14(16)21-10-12-9-20-12/h2-8,12H,9-10H2,1H3. The van der Waals surface area contributed by atoms with Crippen LogP contribution in [0.4, 0.5) is 0 Å². The van der Waals surface area contributed by atoms with Gasteiger partial charge in [-0.15, -0.1) is 0 Å². The Morgan fingerprint density at radius 3 is 2.64 bits per heavy atom. The molecule has 2 aromatic rings. The molecule has 1 fully saturated rings. The Hall–Kier alpha value is -1.37. The molecule has 3 rings (SSSR count). The lowest BCUT2D eigenvalue weighted by Crippen LogP contribution is -2.10. The molecule has 0 spiro atoms. The maximum Gasteiger partial charge on any atom is 0.211 e. The number of hydrogen-bond donors (Lipinski definition) is 0. The maximum atomic E-state index is 13.0. The molecule has 6 heteroatoms. The molecule has 0 bridgehead atoms. The molecular formula is C16H15BrO4S. The van der Waals surface area contributed by atoms with Crippen LogP contribution in [0.3, 0.4) is 0 Å². The first kappa shape index (κ1) is 15.5. The highest BCUT2D eigenvalue weighted by Gasteiger charge is 2.28. The number of benzene rings is 2. The smallest absolute Gasteiger partial charge is 0.211 e. The summed E-state index contributed by atoms with van der Waals surface area (Å²) in [5.41, 5.74) is 0.703. The second-order valence-electron chi connectivity index (χ2n) is 5.10. The van der Waals surface area contributed by atoms with Crippen LogP contribution in [0.2, 0.25) is 0 Å². The van der Waals surface area contributed by atoms with Crippen LogP contribution < -0.4 is 4.74 Å². The fourth-order valence-corrected chi connectivity index (χ4v) is 4.85. The molecule has 0 amide bonds. The van der Waals surface area contributed by atoms with E-state index in [4.69, 9.17) is 9.47 Å². The monoisotopic (exact) mass is 382 g/mol. The van der Waals surface area contributed by atoms with Gasteiger partial charge in [0.1, 0.15) is 23.4 Å². The Morgan fingerprint density at radius 1 is 1.23 bits per heavy atom. The van der Waals surface area contributed by atoms with E-state index in [1.54, 1.807) is 43.3 Å². The predicted molar refractivity (Wildman–Crippen MR) is 86.0 cm³/mol. The van der Waals surface area contributed by atoms with Crippen molar-refractivity contribution in [3.63, 3.8) is 0 Å². The second-order valence-corrected chi connectivity index (χ2v) is 7.81. The van der Waals surface area contributed by atoms with Gasteiger partial charge in [0.2, 0.25) is 9.84 Å². The van der Waals surface area contributed by atoms with Gasteiger partial charge in [-0.25, -0.2) is 8.42 Å². The number of sulfone groups is 1. The number of aryl methyl sites for hydroxylation is 1. The van der Waals surface area contributed by atoms with E-state index in [0.29, 0.717) is 29.0 Å². The first-order valence-corrected chi connectivity index (χ1v) is 9.11. The van der Waals surface area contributed by atoms with E-state index in [9.17, 15) is 8.42 Å². The van der Waals surface area contributed by atoms with Gasteiger partial charge in [-0.1, -0.05) is 24.3 Å². The molecule has 1 saturated heterocycles. The largest absolute Gasteiger partial charge is 0.489 e. The Labute approximate surface area is 138 Å². The number of epoxide rings is 1. The summed E-state index contributed by atoms with van der Waals surface area (Å²) in [6, 6.07) is 12.0. The molecule has 0 radical (unpaired) electrons. The first-order chi connectivity index (χ1) is 10.5. The molecule has 1 unspecified atom stereocenters. The van der Waals surface area contributed by atoms with Crippen molar-refractivity contribution in [2.24, 2.45) is 0 Å². The molecule has 22 heavy (non-hydrogen) atoms. The minimum atomic E-state index is -3.67. The molecule has 4 nitrogen and oxygen atoms in total. The van der Waals surface area contributed by atoms with Gasteiger partial charge in [0, 0.05) is 4.47 Å². The van der Waals surface area contributed by atoms with E-state index in [2.05, 4.69) is 15.9 Å². The van der Waals surface area contributed by atoms with Gasteiger partial charge in [0.15, 0.2) is 0 Å². The molecule has 0 aliphatic carbocycles. The van der Waals surface area contributed by atoms with Gasteiger partial charge in [-0.2, -0.15) is 0 Å². The SMILES string of the molecule is Cc1ccccc1S(=O)(=O)c1c(Br)cccc1OCC1CO1. The number of hydrogen-bond acceptors (Lipinski definition) is 4. The lowest BCUT2D eigenvalue weighted by Gasteiger charge is -2.14. The maximum absolute atomic E-state index is 13.0. The topological polar surface area (TPSA) is 55.9 Å². The van der Waals surface area contributed by atoms with Gasteiger partial charge in [-0.05, 0) is 46.6 Å². The third-order valence-corrected chi connectivity index (χ3v) is 6.33. The summed E-state index contributed by atoms with van der Waals surface area (Å²) in [6.45, 7) is 2.79. The van der Waals surface area contributed by atoms with Crippen LogP contribution >= 0.6 is 15.9 Å². The van der Waals surface area contributed by atoms with E-state index < -0.39 is 9.84 Å². The van der Waals surface area contributed by atoms with E-state index in [0.717, 1.165) is 0 Å². The van der Waals surface area contributed by atoms with E-state index in [1.165, 1.54) is 0 Å². The molecule has 1 atom stereocenters. The van der Waals surface area contributed by atoms with Crippen LogP contribution in [0, 0.1) is 6.92 Å². The van der Waals surface area contributed by atoms with Gasteiger partial charge < -0.3 is 9.47 Å². The second kappa shape index (κ2) is 6.02. The molecule has 0 aromatic heterocycles.